The van der Waals surface area contributed by atoms with E-state index in [1.54, 1.807) is 61.5 Å². The molecule has 0 aromatic heterocycles. The second-order valence-electron chi connectivity index (χ2n) is 8.91. The molecule has 1 atom stereocenters. The molecule has 3 rings (SSSR count). The average molecular weight is 597 g/mol. The molecule has 0 saturated carbocycles. The van der Waals surface area contributed by atoms with Crippen molar-refractivity contribution in [2.45, 2.75) is 44.3 Å². The van der Waals surface area contributed by atoms with Gasteiger partial charge in [0.2, 0.25) is 11.8 Å². The summed E-state index contributed by atoms with van der Waals surface area (Å²) in [4.78, 5) is 28.1. The van der Waals surface area contributed by atoms with Crippen LogP contribution in [0.5, 0.6) is 0 Å². The number of halogens is 3. The molecule has 0 spiro atoms. The maximum atomic E-state index is 13.8. The Morgan fingerprint density at radius 2 is 1.55 bits per heavy atom. The minimum absolute atomic E-state index is 0.00280. The molecule has 1 N–H and O–H groups in total. The Morgan fingerprint density at radius 1 is 0.868 bits per heavy atom. The van der Waals surface area contributed by atoms with Gasteiger partial charge in [0, 0.05) is 17.6 Å². The lowest BCUT2D eigenvalue weighted by Crippen LogP contribution is -2.52. The summed E-state index contributed by atoms with van der Waals surface area (Å²) in [5, 5.41) is 3.75. The number of benzene rings is 3. The predicted octanol–water partition coefficient (Wildman–Crippen LogP) is 5.78. The number of hydrogen-bond donors (Lipinski definition) is 1. The van der Waals surface area contributed by atoms with E-state index in [2.05, 4.69) is 5.32 Å². The zero-order valence-corrected chi connectivity index (χ0v) is 24.2. The minimum atomic E-state index is -4.16. The van der Waals surface area contributed by atoms with E-state index in [9.17, 15) is 18.0 Å². The highest BCUT2D eigenvalue weighted by Crippen LogP contribution is 2.27. The van der Waals surface area contributed by atoms with Gasteiger partial charge in [-0.1, -0.05) is 65.1 Å². The van der Waals surface area contributed by atoms with Gasteiger partial charge in [-0.05, 0) is 68.8 Å². The average Bonchev–Trinajstić information content (AvgIpc) is 2.87. The standard InChI is InChI=1S/C27H28Cl3N3O4S/c1-18(2)31-27(35)19(3)32(16-20-12-13-24(29)25(30)14-20)26(34)17-33(22-9-7-8-21(28)15-22)38(36,37)23-10-5-4-6-11-23/h4-15,18-19H,16-17H2,1-3H3,(H,31,35)/t19-/m1/s1. The summed E-state index contributed by atoms with van der Waals surface area (Å²) in [5.41, 5.74) is 0.834. The SMILES string of the molecule is CC(C)NC(=O)[C@@H](C)N(Cc1ccc(Cl)c(Cl)c1)C(=O)CN(c1cccc(Cl)c1)S(=O)(=O)c1ccccc1. The van der Waals surface area contributed by atoms with Gasteiger partial charge in [-0.15, -0.1) is 0 Å². The van der Waals surface area contributed by atoms with Gasteiger partial charge in [-0.3, -0.25) is 13.9 Å². The van der Waals surface area contributed by atoms with E-state index >= 15 is 0 Å². The Labute approximate surface area is 238 Å². The number of rotatable bonds is 10. The van der Waals surface area contributed by atoms with Gasteiger partial charge in [0.15, 0.2) is 0 Å². The second-order valence-corrected chi connectivity index (χ2v) is 12.0. The number of amides is 2. The third-order valence-corrected chi connectivity index (χ3v) is 8.40. The monoisotopic (exact) mass is 595 g/mol. The van der Waals surface area contributed by atoms with Crippen LogP contribution in [0.15, 0.2) is 77.7 Å². The van der Waals surface area contributed by atoms with E-state index < -0.39 is 28.5 Å². The van der Waals surface area contributed by atoms with Crippen molar-refractivity contribution in [3.8, 4) is 0 Å². The van der Waals surface area contributed by atoms with Gasteiger partial charge in [0.05, 0.1) is 20.6 Å². The molecule has 0 aliphatic rings. The van der Waals surface area contributed by atoms with E-state index in [4.69, 9.17) is 34.8 Å². The maximum Gasteiger partial charge on any atom is 0.264 e. The van der Waals surface area contributed by atoms with Crippen molar-refractivity contribution in [3.63, 3.8) is 0 Å². The van der Waals surface area contributed by atoms with E-state index in [0.29, 0.717) is 20.6 Å². The first-order valence-corrected chi connectivity index (χ1v) is 14.3. The van der Waals surface area contributed by atoms with Crippen LogP contribution in [-0.2, 0) is 26.2 Å². The molecule has 7 nitrogen and oxygen atoms in total. The van der Waals surface area contributed by atoms with Gasteiger partial charge in [-0.25, -0.2) is 8.42 Å². The number of hydrogen-bond acceptors (Lipinski definition) is 4. The molecule has 3 aromatic carbocycles. The lowest BCUT2D eigenvalue weighted by atomic mass is 10.1. The number of nitrogens with zero attached hydrogens (tertiary/aromatic N) is 2. The topological polar surface area (TPSA) is 86.8 Å². The predicted molar refractivity (Wildman–Crippen MR) is 152 cm³/mol. The number of nitrogens with one attached hydrogen (secondary N) is 1. The third kappa shape index (κ3) is 7.41. The highest BCUT2D eigenvalue weighted by atomic mass is 35.5. The Bertz CT molecular complexity index is 1400. The lowest BCUT2D eigenvalue weighted by Gasteiger charge is -2.32. The fourth-order valence-corrected chi connectivity index (χ4v) is 5.63. The molecule has 3 aromatic rings. The Balaban J connectivity index is 2.03. The molecule has 11 heteroatoms. The second kappa shape index (κ2) is 12.8. The molecule has 0 saturated heterocycles. The number of sulfonamides is 1. The van der Waals surface area contributed by atoms with Crippen LogP contribution < -0.4 is 9.62 Å². The normalized spacial score (nSPS) is 12.2. The largest absolute Gasteiger partial charge is 0.352 e. The lowest BCUT2D eigenvalue weighted by molar-refractivity contribution is -0.139. The molecule has 0 aliphatic heterocycles. The Morgan fingerprint density at radius 3 is 2.16 bits per heavy atom. The molecular weight excluding hydrogens is 569 g/mol. The summed E-state index contributed by atoms with van der Waals surface area (Å²) in [5.74, 6) is -0.976. The Kier molecular flexibility index (Phi) is 10.1. The van der Waals surface area contributed by atoms with Crippen molar-refractivity contribution >= 4 is 62.3 Å². The molecule has 0 aliphatic carbocycles. The zero-order chi connectivity index (χ0) is 28.0. The Hall–Kier alpha value is -2.78. The highest BCUT2D eigenvalue weighted by molar-refractivity contribution is 7.92. The summed E-state index contributed by atoms with van der Waals surface area (Å²) in [6.45, 7) is 4.63. The smallest absolute Gasteiger partial charge is 0.264 e. The summed E-state index contributed by atoms with van der Waals surface area (Å²) < 4.78 is 28.4. The maximum absolute atomic E-state index is 13.8. The summed E-state index contributed by atoms with van der Waals surface area (Å²) in [6.07, 6.45) is 0. The van der Waals surface area contributed by atoms with Crippen LogP contribution in [0, 0.1) is 0 Å². The first-order valence-electron chi connectivity index (χ1n) is 11.8. The van der Waals surface area contributed by atoms with Crippen LogP contribution in [0.3, 0.4) is 0 Å². The minimum Gasteiger partial charge on any atom is -0.352 e. The third-order valence-electron chi connectivity index (χ3n) is 5.64. The first-order chi connectivity index (χ1) is 17.9. The molecule has 38 heavy (non-hydrogen) atoms. The van der Waals surface area contributed by atoms with E-state index in [-0.39, 0.29) is 29.1 Å². The van der Waals surface area contributed by atoms with Crippen LogP contribution in [-0.4, -0.2) is 43.8 Å². The van der Waals surface area contributed by atoms with Crippen LogP contribution in [0.4, 0.5) is 5.69 Å². The van der Waals surface area contributed by atoms with Crippen LogP contribution in [0.1, 0.15) is 26.3 Å². The molecule has 0 fully saturated rings. The fraction of sp³-hybridized carbons (Fsp3) is 0.259. The molecule has 0 radical (unpaired) electrons. The van der Waals surface area contributed by atoms with E-state index in [1.165, 1.54) is 23.1 Å². The van der Waals surface area contributed by atoms with Crippen molar-refractivity contribution in [2.24, 2.45) is 0 Å². The first kappa shape index (κ1) is 29.8. The highest BCUT2D eigenvalue weighted by Gasteiger charge is 2.32. The summed E-state index contributed by atoms with van der Waals surface area (Å²) in [6, 6.07) is 17.8. The summed E-state index contributed by atoms with van der Waals surface area (Å²) in [7, 11) is -4.16. The van der Waals surface area contributed by atoms with Crippen LogP contribution in [0.25, 0.3) is 0 Å². The molecule has 0 unspecified atom stereocenters. The van der Waals surface area contributed by atoms with Crippen molar-refractivity contribution in [2.75, 3.05) is 10.8 Å². The van der Waals surface area contributed by atoms with Gasteiger partial charge < -0.3 is 10.2 Å². The van der Waals surface area contributed by atoms with Crippen molar-refractivity contribution < 1.29 is 18.0 Å². The van der Waals surface area contributed by atoms with Gasteiger partial charge in [0.25, 0.3) is 10.0 Å². The van der Waals surface area contributed by atoms with E-state index in [1.807, 2.05) is 13.8 Å². The molecule has 202 valence electrons. The quantitative estimate of drug-likeness (QED) is 0.321. The van der Waals surface area contributed by atoms with Gasteiger partial charge in [-0.2, -0.15) is 0 Å². The zero-order valence-electron chi connectivity index (χ0n) is 21.1. The van der Waals surface area contributed by atoms with Gasteiger partial charge in [0.1, 0.15) is 12.6 Å². The van der Waals surface area contributed by atoms with Crippen molar-refractivity contribution in [1.82, 2.24) is 10.2 Å². The van der Waals surface area contributed by atoms with Crippen LogP contribution in [0.2, 0.25) is 15.1 Å². The van der Waals surface area contributed by atoms with Gasteiger partial charge >= 0.3 is 0 Å². The molecular formula is C27H28Cl3N3O4S. The fourth-order valence-electron chi connectivity index (χ4n) is 3.70. The van der Waals surface area contributed by atoms with E-state index in [0.717, 1.165) is 4.31 Å². The molecule has 2 amide bonds. The van der Waals surface area contributed by atoms with Crippen LogP contribution >= 0.6 is 34.8 Å². The number of carbonyl (C=O) groups excluding carboxylic acids is 2. The number of carbonyl (C=O) groups is 2. The van der Waals surface area contributed by atoms with Crippen molar-refractivity contribution in [3.05, 3.63) is 93.4 Å². The summed E-state index contributed by atoms with van der Waals surface area (Å²) >= 11 is 18.4. The number of anilines is 1. The van der Waals surface area contributed by atoms with Crippen molar-refractivity contribution in [1.29, 1.82) is 0 Å². The molecule has 0 heterocycles. The molecule has 0 bridgehead atoms.